The maximum atomic E-state index is 11.7. The van der Waals surface area contributed by atoms with Gasteiger partial charge >= 0.3 is 0 Å². The molecule has 0 unspecified atom stereocenters. The van der Waals surface area contributed by atoms with Gasteiger partial charge in [-0.2, -0.15) is 0 Å². The predicted octanol–water partition coefficient (Wildman–Crippen LogP) is 0.292. The fraction of sp³-hybridized carbons (Fsp3) is 0.182. The van der Waals surface area contributed by atoms with Crippen molar-refractivity contribution in [3.8, 4) is 0 Å². The molecule has 2 rings (SSSR count). The fourth-order valence-corrected chi connectivity index (χ4v) is 1.99. The number of halogens is 1. The number of aryl methyl sites for hydroxylation is 2. The predicted molar refractivity (Wildman–Crippen MR) is 76.3 cm³/mol. The van der Waals surface area contributed by atoms with E-state index in [1.165, 1.54) is 27.7 Å². The van der Waals surface area contributed by atoms with Crippen LogP contribution in [-0.2, 0) is 13.1 Å². The van der Waals surface area contributed by atoms with Gasteiger partial charge < -0.3 is 10.3 Å². The third-order valence-electron chi connectivity index (χ3n) is 2.45. The second kappa shape index (κ2) is 5.34. The number of hydrogen-bond donors (Lipinski definition) is 1. The summed E-state index contributed by atoms with van der Waals surface area (Å²) in [6.07, 6.45) is 4.53. The van der Waals surface area contributed by atoms with E-state index in [4.69, 9.17) is 5.73 Å². The first kappa shape index (κ1) is 12.8. The third-order valence-corrected chi connectivity index (χ3v) is 3.19. The van der Waals surface area contributed by atoms with E-state index in [0.29, 0.717) is 22.3 Å². The molecule has 2 N–H and O–H groups in total. The molecule has 6 nitrogen and oxygen atoms in total. The first-order chi connectivity index (χ1) is 8.58. The number of pyridine rings is 1. The van der Waals surface area contributed by atoms with E-state index in [2.05, 4.69) is 4.98 Å². The maximum Gasteiger partial charge on any atom is 0.266 e. The smallest absolute Gasteiger partial charge is 0.266 e. The minimum atomic E-state index is -0.143. The molecule has 0 saturated heterocycles. The lowest BCUT2D eigenvalue weighted by molar-refractivity contribution is 0.545. The van der Waals surface area contributed by atoms with E-state index in [0.717, 1.165) is 0 Å². The van der Waals surface area contributed by atoms with Gasteiger partial charge in [0.15, 0.2) is 0 Å². The zero-order valence-electron chi connectivity index (χ0n) is 9.41. The topological polar surface area (TPSA) is 82.9 Å². The van der Waals surface area contributed by atoms with Crippen LogP contribution in [0.5, 0.6) is 0 Å². The molecule has 0 spiro atoms. The summed E-state index contributed by atoms with van der Waals surface area (Å²) in [5.74, 6) is 0. The number of rotatable bonds is 3. The highest BCUT2D eigenvalue weighted by atomic mass is 127. The molecule has 94 valence electrons. The molecule has 7 heteroatoms. The van der Waals surface area contributed by atoms with Gasteiger partial charge in [-0.05, 0) is 28.7 Å². The van der Waals surface area contributed by atoms with E-state index >= 15 is 0 Å². The van der Waals surface area contributed by atoms with E-state index < -0.39 is 0 Å². The molecule has 0 bridgehead atoms. The summed E-state index contributed by atoms with van der Waals surface area (Å²) >= 11 is 1.93. The van der Waals surface area contributed by atoms with E-state index in [9.17, 15) is 9.59 Å². The van der Waals surface area contributed by atoms with Gasteiger partial charge in [0.1, 0.15) is 0 Å². The van der Waals surface area contributed by atoms with Crippen LogP contribution in [0.15, 0.2) is 40.4 Å². The summed E-state index contributed by atoms with van der Waals surface area (Å²) in [7, 11) is 0. The quantitative estimate of drug-likeness (QED) is 0.800. The second-order valence-electron chi connectivity index (χ2n) is 3.73. The lowest BCUT2D eigenvalue weighted by atomic mass is 10.4. The van der Waals surface area contributed by atoms with Crippen molar-refractivity contribution in [2.45, 2.75) is 13.1 Å². The van der Waals surface area contributed by atoms with Crippen LogP contribution in [0.4, 0.5) is 5.69 Å². The highest BCUT2D eigenvalue weighted by Gasteiger charge is 2.02. The summed E-state index contributed by atoms with van der Waals surface area (Å²) in [6, 6.07) is 2.96. The SMILES string of the molecule is Nc1ccc(=O)n(CCn2cncc(I)c2=O)c1. The molecule has 18 heavy (non-hydrogen) atoms. The minimum Gasteiger partial charge on any atom is -0.398 e. The van der Waals surface area contributed by atoms with Crippen LogP contribution in [0.3, 0.4) is 0 Å². The molecule has 0 radical (unpaired) electrons. The summed E-state index contributed by atoms with van der Waals surface area (Å²) in [5, 5.41) is 0. The Bertz CT molecular complexity index is 675. The maximum absolute atomic E-state index is 11.7. The summed E-state index contributed by atoms with van der Waals surface area (Å²) in [5.41, 5.74) is 5.87. The van der Waals surface area contributed by atoms with Crippen molar-refractivity contribution in [3.05, 3.63) is 55.1 Å². The molecule has 0 amide bonds. The van der Waals surface area contributed by atoms with Crippen LogP contribution in [0.25, 0.3) is 0 Å². The number of anilines is 1. The van der Waals surface area contributed by atoms with Crippen LogP contribution in [-0.4, -0.2) is 14.1 Å². The first-order valence-electron chi connectivity index (χ1n) is 5.24. The standard InChI is InChI=1S/C11H11IN4O2/c12-9-5-14-7-16(11(9)18)4-3-15-6-8(13)1-2-10(15)17/h1-2,5-7H,3-4,13H2. The van der Waals surface area contributed by atoms with Crippen LogP contribution in [0, 0.1) is 3.57 Å². The molecule has 0 atom stereocenters. The third kappa shape index (κ3) is 2.78. The molecule has 0 aliphatic heterocycles. The van der Waals surface area contributed by atoms with Gasteiger partial charge in [0, 0.05) is 37.2 Å². The monoisotopic (exact) mass is 358 g/mol. The number of nitrogen functional groups attached to an aromatic ring is 1. The molecule has 0 aromatic carbocycles. The van der Waals surface area contributed by atoms with Gasteiger partial charge in [-0.1, -0.05) is 0 Å². The Kier molecular flexibility index (Phi) is 3.80. The highest BCUT2D eigenvalue weighted by molar-refractivity contribution is 14.1. The van der Waals surface area contributed by atoms with Crippen molar-refractivity contribution in [2.75, 3.05) is 5.73 Å². The molecular weight excluding hydrogens is 347 g/mol. The number of hydrogen-bond acceptors (Lipinski definition) is 4. The normalized spacial score (nSPS) is 10.5. The van der Waals surface area contributed by atoms with Crippen molar-refractivity contribution in [3.63, 3.8) is 0 Å². The molecular formula is C11H11IN4O2. The number of aromatic nitrogens is 3. The van der Waals surface area contributed by atoms with Crippen molar-refractivity contribution in [1.29, 1.82) is 0 Å². The Morgan fingerprint density at radius 3 is 2.72 bits per heavy atom. The highest BCUT2D eigenvalue weighted by Crippen LogP contribution is 1.97. The molecule has 2 aromatic heterocycles. The van der Waals surface area contributed by atoms with E-state index in [-0.39, 0.29) is 11.1 Å². The molecule has 0 aliphatic rings. The van der Waals surface area contributed by atoms with Crippen molar-refractivity contribution < 1.29 is 0 Å². The lowest BCUT2D eigenvalue weighted by Crippen LogP contribution is -2.27. The van der Waals surface area contributed by atoms with Crippen LogP contribution < -0.4 is 16.9 Å². The van der Waals surface area contributed by atoms with Crippen LogP contribution in [0.2, 0.25) is 0 Å². The molecule has 2 heterocycles. The largest absolute Gasteiger partial charge is 0.398 e. The van der Waals surface area contributed by atoms with Gasteiger partial charge in [-0.15, -0.1) is 0 Å². The van der Waals surface area contributed by atoms with Gasteiger partial charge in [-0.25, -0.2) is 4.98 Å². The number of nitrogens with zero attached hydrogens (tertiary/aromatic N) is 3. The summed E-state index contributed by atoms with van der Waals surface area (Å²) in [4.78, 5) is 27.2. The zero-order valence-corrected chi connectivity index (χ0v) is 11.6. The first-order valence-corrected chi connectivity index (χ1v) is 6.32. The van der Waals surface area contributed by atoms with Crippen LogP contribution >= 0.6 is 22.6 Å². The molecule has 0 fully saturated rings. The summed E-state index contributed by atoms with van der Waals surface area (Å²) < 4.78 is 3.49. The van der Waals surface area contributed by atoms with Crippen LogP contribution in [0.1, 0.15) is 0 Å². The Labute approximate surface area is 116 Å². The Balaban J connectivity index is 2.22. The van der Waals surface area contributed by atoms with Crippen molar-refractivity contribution >= 4 is 28.3 Å². The fourth-order valence-electron chi connectivity index (χ4n) is 1.52. The molecule has 0 saturated carbocycles. The lowest BCUT2D eigenvalue weighted by Gasteiger charge is -2.08. The number of nitrogens with two attached hydrogens (primary N) is 1. The summed E-state index contributed by atoms with van der Waals surface area (Å²) in [6.45, 7) is 0.761. The second-order valence-corrected chi connectivity index (χ2v) is 4.90. The van der Waals surface area contributed by atoms with E-state index in [1.54, 1.807) is 12.3 Å². The van der Waals surface area contributed by atoms with Gasteiger partial charge in [0.2, 0.25) is 0 Å². The minimum absolute atomic E-state index is 0.109. The van der Waals surface area contributed by atoms with E-state index in [1.807, 2.05) is 22.6 Å². The van der Waals surface area contributed by atoms with Crippen molar-refractivity contribution in [2.24, 2.45) is 0 Å². The molecule has 0 aliphatic carbocycles. The van der Waals surface area contributed by atoms with Gasteiger partial charge in [0.25, 0.3) is 11.1 Å². The van der Waals surface area contributed by atoms with Gasteiger partial charge in [0.05, 0.1) is 9.90 Å². The Hall–Kier alpha value is -1.64. The van der Waals surface area contributed by atoms with Gasteiger partial charge in [-0.3, -0.25) is 14.2 Å². The average Bonchev–Trinajstić information content (AvgIpc) is 2.35. The Morgan fingerprint density at radius 1 is 1.22 bits per heavy atom. The zero-order chi connectivity index (χ0) is 13.1. The Morgan fingerprint density at radius 2 is 1.94 bits per heavy atom. The van der Waals surface area contributed by atoms with Crippen molar-refractivity contribution in [1.82, 2.24) is 14.1 Å². The average molecular weight is 358 g/mol. The molecule has 2 aromatic rings.